The molecule has 2 atom stereocenters. The molecular weight excluding hydrogens is 186 g/mol. The van der Waals surface area contributed by atoms with Gasteiger partial charge in [0, 0.05) is 19.7 Å². The number of hydrogen-bond acceptors (Lipinski definition) is 2. The van der Waals surface area contributed by atoms with E-state index in [0.717, 1.165) is 13.2 Å². The summed E-state index contributed by atoms with van der Waals surface area (Å²) in [6.07, 6.45) is 0. The van der Waals surface area contributed by atoms with Crippen molar-refractivity contribution in [3.05, 3.63) is 35.9 Å². The lowest BCUT2D eigenvalue weighted by Gasteiger charge is -2.21. The summed E-state index contributed by atoms with van der Waals surface area (Å²) >= 11 is 0. The van der Waals surface area contributed by atoms with Crippen molar-refractivity contribution < 1.29 is 4.74 Å². The molecule has 1 N–H and O–H groups in total. The third-order valence-corrected chi connectivity index (χ3v) is 2.85. The fourth-order valence-corrected chi connectivity index (χ4v) is 1.61. The molecular formula is C13H21NO. The van der Waals surface area contributed by atoms with Crippen molar-refractivity contribution in [3.8, 4) is 0 Å². The first-order chi connectivity index (χ1) is 7.25. The number of nitrogens with one attached hydrogen (secondary N) is 1. The zero-order chi connectivity index (χ0) is 11.1. The van der Waals surface area contributed by atoms with E-state index in [2.05, 4.69) is 49.5 Å². The minimum Gasteiger partial charge on any atom is -0.383 e. The van der Waals surface area contributed by atoms with Gasteiger partial charge in [-0.15, -0.1) is 0 Å². The molecule has 15 heavy (non-hydrogen) atoms. The Morgan fingerprint density at radius 3 is 2.47 bits per heavy atom. The molecule has 1 aromatic carbocycles. The van der Waals surface area contributed by atoms with Crippen LogP contribution in [0.1, 0.15) is 25.3 Å². The average molecular weight is 207 g/mol. The Morgan fingerprint density at radius 2 is 1.87 bits per heavy atom. The fraction of sp³-hybridized carbons (Fsp3) is 0.538. The monoisotopic (exact) mass is 207 g/mol. The summed E-state index contributed by atoms with van der Waals surface area (Å²) in [5.74, 6) is 0.531. The Hall–Kier alpha value is -0.860. The van der Waals surface area contributed by atoms with Gasteiger partial charge in [0.05, 0.1) is 6.61 Å². The van der Waals surface area contributed by atoms with E-state index in [-0.39, 0.29) is 0 Å². The molecule has 0 aliphatic rings. The predicted octanol–water partition coefficient (Wildman–Crippen LogP) is 2.41. The van der Waals surface area contributed by atoms with Gasteiger partial charge in [-0.3, -0.25) is 0 Å². The van der Waals surface area contributed by atoms with Crippen molar-refractivity contribution >= 4 is 0 Å². The molecule has 0 saturated heterocycles. The number of ether oxygens (including phenoxy) is 1. The molecule has 0 saturated carbocycles. The van der Waals surface area contributed by atoms with E-state index in [9.17, 15) is 0 Å². The van der Waals surface area contributed by atoms with Gasteiger partial charge >= 0.3 is 0 Å². The summed E-state index contributed by atoms with van der Waals surface area (Å²) in [5, 5.41) is 3.46. The Labute approximate surface area is 92.6 Å². The molecule has 0 fully saturated rings. The third kappa shape index (κ3) is 4.02. The second kappa shape index (κ2) is 6.59. The number of rotatable bonds is 6. The molecule has 0 heterocycles. The average Bonchev–Trinajstić information content (AvgIpc) is 2.29. The molecule has 0 spiro atoms. The highest BCUT2D eigenvalue weighted by atomic mass is 16.5. The van der Waals surface area contributed by atoms with Crippen molar-refractivity contribution in [2.45, 2.75) is 25.8 Å². The minimum atomic E-state index is 0.475. The van der Waals surface area contributed by atoms with Crippen LogP contribution in [0.25, 0.3) is 0 Å². The SMILES string of the molecule is COCCNC(C)C(C)c1ccccc1. The maximum atomic E-state index is 5.02. The van der Waals surface area contributed by atoms with Crippen LogP contribution < -0.4 is 5.32 Å². The molecule has 0 radical (unpaired) electrons. The van der Waals surface area contributed by atoms with Crippen molar-refractivity contribution in [1.82, 2.24) is 5.32 Å². The van der Waals surface area contributed by atoms with Crippen molar-refractivity contribution in [3.63, 3.8) is 0 Å². The van der Waals surface area contributed by atoms with Gasteiger partial charge in [0.2, 0.25) is 0 Å². The lowest BCUT2D eigenvalue weighted by molar-refractivity contribution is 0.195. The molecule has 0 aliphatic heterocycles. The van der Waals surface area contributed by atoms with Crippen LogP contribution in [0.3, 0.4) is 0 Å². The van der Waals surface area contributed by atoms with Gasteiger partial charge in [-0.25, -0.2) is 0 Å². The zero-order valence-corrected chi connectivity index (χ0v) is 9.86. The van der Waals surface area contributed by atoms with Crippen LogP contribution in [-0.4, -0.2) is 26.3 Å². The van der Waals surface area contributed by atoms with E-state index in [0.29, 0.717) is 12.0 Å². The Bertz CT molecular complexity index is 260. The van der Waals surface area contributed by atoms with Gasteiger partial charge in [-0.2, -0.15) is 0 Å². The van der Waals surface area contributed by atoms with E-state index < -0.39 is 0 Å². The molecule has 0 amide bonds. The van der Waals surface area contributed by atoms with Gasteiger partial charge in [0.15, 0.2) is 0 Å². The maximum absolute atomic E-state index is 5.02. The molecule has 84 valence electrons. The molecule has 0 bridgehead atoms. The smallest absolute Gasteiger partial charge is 0.0587 e. The Kier molecular flexibility index (Phi) is 5.37. The predicted molar refractivity (Wildman–Crippen MR) is 64.2 cm³/mol. The summed E-state index contributed by atoms with van der Waals surface area (Å²) in [7, 11) is 1.73. The van der Waals surface area contributed by atoms with Gasteiger partial charge in [-0.1, -0.05) is 37.3 Å². The largest absolute Gasteiger partial charge is 0.383 e. The van der Waals surface area contributed by atoms with Crippen LogP contribution in [0, 0.1) is 0 Å². The highest BCUT2D eigenvalue weighted by Crippen LogP contribution is 2.18. The summed E-state index contributed by atoms with van der Waals surface area (Å²) in [5.41, 5.74) is 1.38. The summed E-state index contributed by atoms with van der Waals surface area (Å²) in [6, 6.07) is 11.1. The van der Waals surface area contributed by atoms with Gasteiger partial charge in [0.25, 0.3) is 0 Å². The summed E-state index contributed by atoms with van der Waals surface area (Å²) < 4.78 is 5.02. The lowest BCUT2D eigenvalue weighted by Crippen LogP contribution is -2.33. The van der Waals surface area contributed by atoms with Crippen LogP contribution in [0.5, 0.6) is 0 Å². The molecule has 2 nitrogen and oxygen atoms in total. The Morgan fingerprint density at radius 1 is 1.20 bits per heavy atom. The van der Waals surface area contributed by atoms with Crippen molar-refractivity contribution in [2.24, 2.45) is 0 Å². The second-order valence-corrected chi connectivity index (χ2v) is 3.93. The summed E-state index contributed by atoms with van der Waals surface area (Å²) in [6.45, 7) is 6.15. The highest BCUT2D eigenvalue weighted by molar-refractivity contribution is 5.20. The fourth-order valence-electron chi connectivity index (χ4n) is 1.61. The van der Waals surface area contributed by atoms with E-state index in [1.54, 1.807) is 7.11 Å². The van der Waals surface area contributed by atoms with Crippen LogP contribution >= 0.6 is 0 Å². The summed E-state index contributed by atoms with van der Waals surface area (Å²) in [4.78, 5) is 0. The van der Waals surface area contributed by atoms with Crippen molar-refractivity contribution in [2.75, 3.05) is 20.3 Å². The second-order valence-electron chi connectivity index (χ2n) is 3.93. The molecule has 0 aliphatic carbocycles. The quantitative estimate of drug-likeness (QED) is 0.723. The van der Waals surface area contributed by atoms with Gasteiger partial charge in [0.1, 0.15) is 0 Å². The standard InChI is InChI=1S/C13H21NO/c1-11(12(2)14-9-10-15-3)13-7-5-4-6-8-13/h4-8,11-12,14H,9-10H2,1-3H3. The van der Waals surface area contributed by atoms with Crippen LogP contribution in [0.2, 0.25) is 0 Å². The minimum absolute atomic E-state index is 0.475. The van der Waals surface area contributed by atoms with E-state index in [4.69, 9.17) is 4.74 Å². The Balaban J connectivity index is 2.42. The van der Waals surface area contributed by atoms with Crippen LogP contribution in [-0.2, 0) is 4.74 Å². The highest BCUT2D eigenvalue weighted by Gasteiger charge is 2.12. The van der Waals surface area contributed by atoms with E-state index in [1.165, 1.54) is 5.56 Å². The number of hydrogen-bond donors (Lipinski definition) is 1. The molecule has 1 rings (SSSR count). The molecule has 2 unspecified atom stereocenters. The third-order valence-electron chi connectivity index (χ3n) is 2.85. The molecule has 1 aromatic rings. The number of methoxy groups -OCH3 is 1. The van der Waals surface area contributed by atoms with Crippen LogP contribution in [0.4, 0.5) is 0 Å². The normalized spacial score (nSPS) is 14.9. The van der Waals surface area contributed by atoms with Crippen LogP contribution in [0.15, 0.2) is 30.3 Å². The topological polar surface area (TPSA) is 21.3 Å². The first-order valence-corrected chi connectivity index (χ1v) is 5.53. The lowest BCUT2D eigenvalue weighted by atomic mass is 9.94. The van der Waals surface area contributed by atoms with E-state index in [1.807, 2.05) is 0 Å². The molecule has 2 heteroatoms. The van der Waals surface area contributed by atoms with Crippen molar-refractivity contribution in [1.29, 1.82) is 0 Å². The zero-order valence-electron chi connectivity index (χ0n) is 9.86. The van der Waals surface area contributed by atoms with E-state index >= 15 is 0 Å². The van der Waals surface area contributed by atoms with Gasteiger partial charge in [-0.05, 0) is 18.4 Å². The maximum Gasteiger partial charge on any atom is 0.0587 e. The first kappa shape index (κ1) is 12.2. The first-order valence-electron chi connectivity index (χ1n) is 5.53. The van der Waals surface area contributed by atoms with Gasteiger partial charge < -0.3 is 10.1 Å². The molecule has 0 aromatic heterocycles. The number of benzene rings is 1.